The lowest BCUT2D eigenvalue weighted by Gasteiger charge is -2.12. The van der Waals surface area contributed by atoms with Crippen LogP contribution in [0.2, 0.25) is 0 Å². The van der Waals surface area contributed by atoms with E-state index < -0.39 is 0 Å². The molecule has 4 aromatic rings. The largest absolute Gasteiger partial charge is 0.493 e. The van der Waals surface area contributed by atoms with Gasteiger partial charge in [-0.3, -0.25) is 14.9 Å². The Bertz CT molecular complexity index is 1240. The monoisotopic (exact) mass is 433 g/mol. The van der Waals surface area contributed by atoms with Crippen LogP contribution in [0.5, 0.6) is 23.0 Å². The number of carbonyl (C=O) groups is 1. The van der Waals surface area contributed by atoms with Gasteiger partial charge in [0.2, 0.25) is 5.91 Å². The van der Waals surface area contributed by atoms with Gasteiger partial charge in [0.25, 0.3) is 0 Å². The lowest BCUT2D eigenvalue weighted by molar-refractivity contribution is -0.115. The van der Waals surface area contributed by atoms with E-state index in [1.807, 2.05) is 36.4 Å². The van der Waals surface area contributed by atoms with Crippen molar-refractivity contribution in [1.82, 2.24) is 15.2 Å². The molecule has 9 nitrogen and oxygen atoms in total. The van der Waals surface area contributed by atoms with E-state index in [0.29, 0.717) is 28.8 Å². The molecule has 3 N–H and O–H groups in total. The number of nitrogens with zero attached hydrogens (tertiary/aromatic N) is 2. The standard InChI is InChI=1S/C23H23N5O4/c1-24-21-13-22(28-27-21)26-23(29)10-14-4-6-15(7-5-14)32-18-8-9-25-17-12-20(31-3)19(30-2)11-16(17)18/h4-9,11-13H,10H2,1-3H3,(H3,24,26,27,28,29). The zero-order valence-corrected chi connectivity index (χ0v) is 17.9. The van der Waals surface area contributed by atoms with Crippen molar-refractivity contribution < 1.29 is 19.0 Å². The van der Waals surface area contributed by atoms with Crippen LogP contribution in [-0.2, 0) is 11.2 Å². The average Bonchev–Trinajstić information content (AvgIpc) is 3.27. The van der Waals surface area contributed by atoms with Gasteiger partial charge in [-0.25, -0.2) is 0 Å². The predicted octanol–water partition coefficient (Wildman–Crippen LogP) is 3.99. The quantitative estimate of drug-likeness (QED) is 0.385. The highest BCUT2D eigenvalue weighted by atomic mass is 16.5. The maximum absolute atomic E-state index is 12.3. The fourth-order valence-corrected chi connectivity index (χ4v) is 3.23. The number of aromatic nitrogens is 3. The molecule has 0 aliphatic carbocycles. The van der Waals surface area contributed by atoms with Gasteiger partial charge in [-0.2, -0.15) is 5.10 Å². The lowest BCUT2D eigenvalue weighted by Crippen LogP contribution is -2.14. The van der Waals surface area contributed by atoms with E-state index in [4.69, 9.17) is 14.2 Å². The number of carbonyl (C=O) groups excluding carboxylic acids is 1. The molecule has 32 heavy (non-hydrogen) atoms. The summed E-state index contributed by atoms with van der Waals surface area (Å²) >= 11 is 0. The highest BCUT2D eigenvalue weighted by molar-refractivity contribution is 5.91. The molecule has 2 aromatic carbocycles. The number of fused-ring (bicyclic) bond motifs is 1. The van der Waals surface area contributed by atoms with E-state index in [9.17, 15) is 4.79 Å². The zero-order valence-electron chi connectivity index (χ0n) is 17.9. The van der Waals surface area contributed by atoms with E-state index in [1.54, 1.807) is 39.6 Å². The summed E-state index contributed by atoms with van der Waals surface area (Å²) in [6.07, 6.45) is 1.90. The second-order valence-corrected chi connectivity index (χ2v) is 6.92. The molecular formula is C23H23N5O4. The number of hydrogen-bond donors (Lipinski definition) is 3. The van der Waals surface area contributed by atoms with Gasteiger partial charge in [-0.05, 0) is 29.8 Å². The number of nitrogens with one attached hydrogen (secondary N) is 3. The highest BCUT2D eigenvalue weighted by Gasteiger charge is 2.12. The van der Waals surface area contributed by atoms with Crippen molar-refractivity contribution in [3.8, 4) is 23.0 Å². The zero-order chi connectivity index (χ0) is 22.5. The fraction of sp³-hybridized carbons (Fsp3) is 0.174. The third kappa shape index (κ3) is 4.56. The minimum absolute atomic E-state index is 0.158. The normalized spacial score (nSPS) is 10.6. The highest BCUT2D eigenvalue weighted by Crippen LogP contribution is 2.36. The first-order valence-corrected chi connectivity index (χ1v) is 9.90. The summed E-state index contributed by atoms with van der Waals surface area (Å²) in [6.45, 7) is 0. The second kappa shape index (κ2) is 9.25. The molecule has 4 rings (SSSR count). The molecule has 9 heteroatoms. The van der Waals surface area contributed by atoms with Crippen molar-refractivity contribution in [2.24, 2.45) is 0 Å². The first-order chi connectivity index (χ1) is 15.6. The van der Waals surface area contributed by atoms with E-state index >= 15 is 0 Å². The number of anilines is 2. The first-order valence-electron chi connectivity index (χ1n) is 9.90. The smallest absolute Gasteiger partial charge is 0.229 e. The summed E-state index contributed by atoms with van der Waals surface area (Å²) in [7, 11) is 4.94. The molecule has 2 heterocycles. The SMILES string of the molecule is CNc1cc(NC(=O)Cc2ccc(Oc3ccnc4cc(OC)c(OC)cc34)cc2)n[nH]1. The molecule has 0 aliphatic heterocycles. The third-order valence-corrected chi connectivity index (χ3v) is 4.84. The lowest BCUT2D eigenvalue weighted by atomic mass is 10.1. The summed E-state index contributed by atoms with van der Waals surface area (Å²) in [4.78, 5) is 16.7. The molecule has 0 saturated heterocycles. The van der Waals surface area contributed by atoms with Crippen molar-refractivity contribution in [2.75, 3.05) is 31.9 Å². The van der Waals surface area contributed by atoms with Crippen LogP contribution in [-0.4, -0.2) is 42.4 Å². The van der Waals surface area contributed by atoms with Crippen molar-refractivity contribution in [3.63, 3.8) is 0 Å². The van der Waals surface area contributed by atoms with Gasteiger partial charge in [-0.1, -0.05) is 12.1 Å². The number of aromatic amines is 1. The van der Waals surface area contributed by atoms with E-state index in [0.717, 1.165) is 22.3 Å². The molecule has 0 bridgehead atoms. The van der Waals surface area contributed by atoms with Crippen molar-refractivity contribution in [3.05, 3.63) is 60.3 Å². The van der Waals surface area contributed by atoms with E-state index in [1.165, 1.54) is 0 Å². The number of H-pyrrole nitrogens is 1. The number of amides is 1. The van der Waals surface area contributed by atoms with Crippen LogP contribution < -0.4 is 24.8 Å². The molecule has 0 atom stereocenters. The molecule has 0 unspecified atom stereocenters. The second-order valence-electron chi connectivity index (χ2n) is 6.92. The van der Waals surface area contributed by atoms with Crippen LogP contribution in [0.25, 0.3) is 10.9 Å². The Morgan fingerprint density at radius 3 is 2.44 bits per heavy atom. The topological polar surface area (TPSA) is 110 Å². The third-order valence-electron chi connectivity index (χ3n) is 4.84. The molecule has 0 spiro atoms. The maximum Gasteiger partial charge on any atom is 0.229 e. The average molecular weight is 433 g/mol. The number of ether oxygens (including phenoxy) is 3. The molecule has 0 saturated carbocycles. The number of pyridine rings is 1. The molecule has 1 amide bonds. The maximum atomic E-state index is 12.3. The Kier molecular flexibility index (Phi) is 6.07. The number of benzene rings is 2. The summed E-state index contributed by atoms with van der Waals surface area (Å²) < 4.78 is 16.8. The molecule has 2 aromatic heterocycles. The van der Waals surface area contributed by atoms with Crippen LogP contribution in [0.4, 0.5) is 11.6 Å². The number of hydrogen-bond acceptors (Lipinski definition) is 7. The summed E-state index contributed by atoms with van der Waals surface area (Å²) in [6, 6.07) is 14.5. The van der Waals surface area contributed by atoms with Crippen LogP contribution in [0.3, 0.4) is 0 Å². The van der Waals surface area contributed by atoms with Crippen LogP contribution in [0, 0.1) is 0 Å². The molecule has 0 radical (unpaired) electrons. The van der Waals surface area contributed by atoms with Gasteiger partial charge in [0.15, 0.2) is 17.3 Å². The Labute approximate surface area is 184 Å². The molecule has 164 valence electrons. The molecule has 0 fully saturated rings. The Morgan fingerprint density at radius 1 is 1.00 bits per heavy atom. The van der Waals surface area contributed by atoms with E-state index in [2.05, 4.69) is 25.8 Å². The first kappa shape index (κ1) is 21.0. The van der Waals surface area contributed by atoms with Gasteiger partial charge >= 0.3 is 0 Å². The Hall–Kier alpha value is -4.27. The van der Waals surface area contributed by atoms with Crippen molar-refractivity contribution >= 4 is 28.4 Å². The minimum atomic E-state index is -0.158. The van der Waals surface area contributed by atoms with Crippen LogP contribution in [0.1, 0.15) is 5.56 Å². The van der Waals surface area contributed by atoms with Gasteiger partial charge in [0, 0.05) is 30.8 Å². The predicted molar refractivity (Wildman–Crippen MR) is 122 cm³/mol. The number of methoxy groups -OCH3 is 2. The van der Waals surface area contributed by atoms with Gasteiger partial charge in [0.05, 0.1) is 26.2 Å². The summed E-state index contributed by atoms with van der Waals surface area (Å²) in [5, 5.41) is 13.3. The van der Waals surface area contributed by atoms with E-state index in [-0.39, 0.29) is 12.3 Å². The van der Waals surface area contributed by atoms with Crippen molar-refractivity contribution in [2.45, 2.75) is 6.42 Å². The summed E-state index contributed by atoms with van der Waals surface area (Å²) in [5.74, 6) is 3.51. The minimum Gasteiger partial charge on any atom is -0.493 e. The van der Waals surface area contributed by atoms with Crippen molar-refractivity contribution in [1.29, 1.82) is 0 Å². The summed E-state index contributed by atoms with van der Waals surface area (Å²) in [5.41, 5.74) is 1.58. The number of rotatable bonds is 8. The molecular weight excluding hydrogens is 410 g/mol. The van der Waals surface area contributed by atoms with Crippen LogP contribution in [0.15, 0.2) is 54.7 Å². The van der Waals surface area contributed by atoms with Gasteiger partial charge < -0.3 is 24.8 Å². The van der Waals surface area contributed by atoms with Crippen LogP contribution >= 0.6 is 0 Å². The molecule has 0 aliphatic rings. The van der Waals surface area contributed by atoms with Gasteiger partial charge in [0.1, 0.15) is 17.3 Å². The Balaban J connectivity index is 1.46. The Morgan fingerprint density at radius 2 is 1.75 bits per heavy atom. The fourth-order valence-electron chi connectivity index (χ4n) is 3.23. The van der Waals surface area contributed by atoms with Gasteiger partial charge in [-0.15, -0.1) is 0 Å².